The summed E-state index contributed by atoms with van der Waals surface area (Å²) in [7, 11) is 0. The maximum Gasteiger partial charge on any atom is 0.317 e. The molecule has 2 amide bonds. The Morgan fingerprint density at radius 3 is 2.91 bits per heavy atom. The molecule has 0 saturated carbocycles. The van der Waals surface area contributed by atoms with E-state index in [2.05, 4.69) is 25.6 Å². The van der Waals surface area contributed by atoms with Gasteiger partial charge < -0.3 is 21.3 Å². The highest BCUT2D eigenvalue weighted by Crippen LogP contribution is 2.51. The van der Waals surface area contributed by atoms with E-state index < -0.39 is 11.8 Å². The number of fused-ring (bicyclic) bond motifs is 1. The van der Waals surface area contributed by atoms with Gasteiger partial charge >= 0.3 is 6.03 Å². The van der Waals surface area contributed by atoms with Crippen molar-refractivity contribution in [1.82, 2.24) is 25.2 Å². The summed E-state index contributed by atoms with van der Waals surface area (Å²) in [6, 6.07) is 6.82. The topological polar surface area (TPSA) is 109 Å². The Balaban J connectivity index is 1.37. The summed E-state index contributed by atoms with van der Waals surface area (Å²) in [5.41, 5.74) is 9.75. The highest BCUT2D eigenvalue weighted by atomic mass is 32.2. The van der Waals surface area contributed by atoms with Gasteiger partial charge in [-0.1, -0.05) is 18.2 Å². The van der Waals surface area contributed by atoms with E-state index in [1.807, 2.05) is 25.1 Å². The maximum absolute atomic E-state index is 14.8. The molecular weight excluding hydrogens is 472 g/mol. The molecule has 4 N–H and O–H groups in total. The fourth-order valence-electron chi connectivity index (χ4n) is 4.39. The molecule has 182 valence electrons. The molecule has 1 aromatic carbocycles. The lowest BCUT2D eigenvalue weighted by Gasteiger charge is -2.16. The number of thioether (sulfide) groups is 1. The fraction of sp³-hybridized carbons (Fsp3) is 0.333. The summed E-state index contributed by atoms with van der Waals surface area (Å²) in [5.74, 6) is -0.744. The van der Waals surface area contributed by atoms with Crippen LogP contribution >= 0.6 is 11.8 Å². The van der Waals surface area contributed by atoms with Crippen molar-refractivity contribution >= 4 is 23.7 Å². The average molecular weight is 498 g/mol. The molecule has 2 aromatic heterocycles. The van der Waals surface area contributed by atoms with Gasteiger partial charge in [-0.15, -0.1) is 11.8 Å². The van der Waals surface area contributed by atoms with Gasteiger partial charge in [-0.3, -0.25) is 0 Å². The van der Waals surface area contributed by atoms with E-state index in [-0.39, 0.29) is 17.3 Å². The van der Waals surface area contributed by atoms with Crippen LogP contribution in [0.15, 0.2) is 41.6 Å². The summed E-state index contributed by atoms with van der Waals surface area (Å²) >= 11 is 1.50. The van der Waals surface area contributed by atoms with E-state index in [0.717, 1.165) is 21.6 Å². The van der Waals surface area contributed by atoms with E-state index in [9.17, 15) is 13.6 Å². The Morgan fingerprint density at radius 1 is 1.29 bits per heavy atom. The summed E-state index contributed by atoms with van der Waals surface area (Å²) < 4.78 is 28.9. The molecule has 0 bridgehead atoms. The van der Waals surface area contributed by atoms with Gasteiger partial charge in [0.2, 0.25) is 11.9 Å². The predicted octanol–water partition coefficient (Wildman–Crippen LogP) is 3.66. The zero-order valence-corrected chi connectivity index (χ0v) is 19.9. The third kappa shape index (κ3) is 4.78. The van der Waals surface area contributed by atoms with Gasteiger partial charge in [0.25, 0.3) is 0 Å². The largest absolute Gasteiger partial charge is 0.352 e. The molecule has 4 heterocycles. The number of rotatable bonds is 7. The SMILES string of the molecule is C[C@H](N)c1cnc(F)cc1-c1cccc2c1SC(c1nc(NCCN3CCNC3=O)ncc1F)C2. The Bertz CT molecular complexity index is 1270. The number of amides is 2. The highest BCUT2D eigenvalue weighted by molar-refractivity contribution is 8.00. The first-order valence-electron chi connectivity index (χ1n) is 11.4. The van der Waals surface area contributed by atoms with Gasteiger partial charge in [0, 0.05) is 49.4 Å². The molecule has 2 aliphatic heterocycles. The first-order valence-corrected chi connectivity index (χ1v) is 12.3. The molecule has 0 aliphatic carbocycles. The van der Waals surface area contributed by atoms with Crippen molar-refractivity contribution in [3.8, 4) is 11.1 Å². The number of carbonyl (C=O) groups is 1. The molecule has 0 radical (unpaired) electrons. The minimum atomic E-state index is -0.578. The van der Waals surface area contributed by atoms with Gasteiger partial charge in [-0.25, -0.2) is 24.1 Å². The zero-order chi connectivity index (χ0) is 24.5. The molecule has 2 aliphatic rings. The van der Waals surface area contributed by atoms with Gasteiger partial charge in [-0.05, 0) is 35.6 Å². The van der Waals surface area contributed by atoms with Gasteiger partial charge in [-0.2, -0.15) is 4.39 Å². The van der Waals surface area contributed by atoms with Gasteiger partial charge in [0.05, 0.1) is 17.1 Å². The van der Waals surface area contributed by atoms with Crippen LogP contribution < -0.4 is 16.4 Å². The van der Waals surface area contributed by atoms with Crippen LogP contribution in [0.25, 0.3) is 11.1 Å². The second-order valence-electron chi connectivity index (χ2n) is 8.56. The molecule has 3 aromatic rings. The molecule has 8 nitrogen and oxygen atoms in total. The van der Waals surface area contributed by atoms with Crippen LogP contribution in [0.1, 0.15) is 35.0 Å². The number of carbonyl (C=O) groups excluding carboxylic acids is 1. The lowest BCUT2D eigenvalue weighted by atomic mass is 9.95. The van der Waals surface area contributed by atoms with Gasteiger partial charge in [0.15, 0.2) is 5.82 Å². The number of hydrogen-bond acceptors (Lipinski definition) is 7. The zero-order valence-electron chi connectivity index (χ0n) is 19.1. The molecule has 1 fully saturated rings. The van der Waals surface area contributed by atoms with Crippen molar-refractivity contribution in [2.75, 3.05) is 31.5 Å². The van der Waals surface area contributed by atoms with Crippen LogP contribution in [-0.4, -0.2) is 52.1 Å². The molecule has 1 unspecified atom stereocenters. The van der Waals surface area contributed by atoms with Crippen molar-refractivity contribution in [3.05, 3.63) is 65.2 Å². The van der Waals surface area contributed by atoms with E-state index in [4.69, 9.17) is 5.73 Å². The molecule has 35 heavy (non-hydrogen) atoms. The summed E-state index contributed by atoms with van der Waals surface area (Å²) in [4.78, 5) is 26.6. The minimum Gasteiger partial charge on any atom is -0.352 e. The normalized spacial score (nSPS) is 17.9. The standard InChI is InChI=1S/C24H25F2N7OS/c1-13(27)17-11-30-20(26)10-16(17)15-4-2-3-14-9-19(35-22(14)15)21-18(25)12-31-23(32-21)28-5-7-33-8-6-29-24(33)34/h2-4,10-13,19H,5-9,27H2,1H3,(H,29,34)(H,28,31,32)/t13-,19?/m0/s1. The van der Waals surface area contributed by atoms with Crippen LogP contribution in [-0.2, 0) is 6.42 Å². The number of hydrogen-bond donors (Lipinski definition) is 3. The average Bonchev–Trinajstić information content (AvgIpc) is 3.45. The second kappa shape index (κ2) is 9.74. The quantitative estimate of drug-likeness (QED) is 0.428. The van der Waals surface area contributed by atoms with Crippen molar-refractivity contribution in [2.45, 2.75) is 29.5 Å². The summed E-state index contributed by atoms with van der Waals surface area (Å²) in [5, 5.41) is 5.58. The Hall–Kier alpha value is -3.31. The van der Waals surface area contributed by atoms with E-state index in [1.165, 1.54) is 30.2 Å². The number of halogens is 2. The molecular formula is C24H25F2N7OS. The first-order chi connectivity index (χ1) is 16.9. The number of urea groups is 1. The molecule has 1 saturated heterocycles. The molecule has 2 atom stereocenters. The number of pyridine rings is 1. The number of nitrogens with two attached hydrogens (primary N) is 1. The molecule has 11 heteroatoms. The van der Waals surface area contributed by atoms with Crippen LogP contribution in [0.5, 0.6) is 0 Å². The minimum absolute atomic E-state index is 0.0929. The van der Waals surface area contributed by atoms with Crippen LogP contribution in [0, 0.1) is 11.8 Å². The Morgan fingerprint density at radius 2 is 2.14 bits per heavy atom. The lowest BCUT2D eigenvalue weighted by molar-refractivity contribution is 0.219. The van der Waals surface area contributed by atoms with E-state index in [1.54, 1.807) is 4.90 Å². The van der Waals surface area contributed by atoms with Crippen LogP contribution in [0.4, 0.5) is 19.5 Å². The second-order valence-corrected chi connectivity index (χ2v) is 9.77. The number of nitrogens with zero attached hydrogens (tertiary/aromatic N) is 4. The summed E-state index contributed by atoms with van der Waals surface area (Å²) in [6.45, 7) is 4.07. The number of benzene rings is 1. The summed E-state index contributed by atoms with van der Waals surface area (Å²) in [6.07, 6.45) is 3.22. The molecule has 0 spiro atoms. The van der Waals surface area contributed by atoms with Crippen molar-refractivity contribution in [2.24, 2.45) is 5.73 Å². The first kappa shape index (κ1) is 23.4. The third-order valence-electron chi connectivity index (χ3n) is 6.13. The Kier molecular flexibility index (Phi) is 6.52. The monoisotopic (exact) mass is 497 g/mol. The van der Waals surface area contributed by atoms with Crippen molar-refractivity contribution in [1.29, 1.82) is 0 Å². The number of nitrogens with one attached hydrogen (secondary N) is 2. The van der Waals surface area contributed by atoms with Crippen molar-refractivity contribution < 1.29 is 13.6 Å². The lowest BCUT2D eigenvalue weighted by Crippen LogP contribution is -2.32. The maximum atomic E-state index is 14.8. The van der Waals surface area contributed by atoms with Crippen molar-refractivity contribution in [3.63, 3.8) is 0 Å². The smallest absolute Gasteiger partial charge is 0.317 e. The van der Waals surface area contributed by atoms with Crippen LogP contribution in [0.3, 0.4) is 0 Å². The van der Waals surface area contributed by atoms with Crippen LogP contribution in [0.2, 0.25) is 0 Å². The van der Waals surface area contributed by atoms with E-state index in [0.29, 0.717) is 49.8 Å². The number of aromatic nitrogens is 3. The van der Waals surface area contributed by atoms with E-state index >= 15 is 0 Å². The van der Waals surface area contributed by atoms with Gasteiger partial charge in [0.1, 0.15) is 0 Å². The predicted molar refractivity (Wildman–Crippen MR) is 130 cm³/mol. The third-order valence-corrected chi connectivity index (χ3v) is 7.52. The highest BCUT2D eigenvalue weighted by Gasteiger charge is 2.30. The number of anilines is 1. The Labute approximate surface area is 205 Å². The fourth-order valence-corrected chi connectivity index (χ4v) is 5.82. The molecule has 5 rings (SSSR count).